The van der Waals surface area contributed by atoms with Crippen LogP contribution in [-0.2, 0) is 16.1 Å². The largest absolute Gasteiger partial charge is 0.481 e. The summed E-state index contributed by atoms with van der Waals surface area (Å²) in [6, 6.07) is 6.19. The number of urea groups is 1. The van der Waals surface area contributed by atoms with Crippen molar-refractivity contribution in [2.45, 2.75) is 13.0 Å². The molecule has 1 aromatic carbocycles. The highest BCUT2D eigenvalue weighted by atomic mass is 16.4. The highest BCUT2D eigenvalue weighted by Crippen LogP contribution is 2.38. The van der Waals surface area contributed by atoms with Gasteiger partial charge in [-0.05, 0) is 24.1 Å². The van der Waals surface area contributed by atoms with Gasteiger partial charge in [0.1, 0.15) is 0 Å². The number of benzene rings is 1. The average molecular weight is 277 g/mol. The molecule has 0 aliphatic heterocycles. The number of aliphatic carboxylic acids is 1. The first-order valence-corrected chi connectivity index (χ1v) is 6.13. The Hall–Kier alpha value is -2.57. The number of nitrogens with two attached hydrogens (primary N) is 1. The first-order chi connectivity index (χ1) is 9.47. The van der Waals surface area contributed by atoms with Crippen LogP contribution in [0.3, 0.4) is 0 Å². The molecule has 7 heteroatoms. The molecule has 0 radical (unpaired) electrons. The maximum Gasteiger partial charge on any atom is 0.316 e. The minimum atomic E-state index is -0.924. The highest BCUT2D eigenvalue weighted by Gasteiger charge is 2.48. The summed E-state index contributed by atoms with van der Waals surface area (Å²) in [5.41, 5.74) is 6.40. The molecule has 0 saturated heterocycles. The highest BCUT2D eigenvalue weighted by molar-refractivity contribution is 5.89. The van der Waals surface area contributed by atoms with Crippen LogP contribution < -0.4 is 16.4 Å². The molecule has 0 aromatic heterocycles. The molecule has 2 rings (SSSR count). The van der Waals surface area contributed by atoms with E-state index in [4.69, 9.17) is 10.8 Å². The lowest BCUT2D eigenvalue weighted by atomic mass is 10.2. The quantitative estimate of drug-likeness (QED) is 0.626. The average Bonchev–Trinajstić information content (AvgIpc) is 3.17. The minimum absolute atomic E-state index is 0.239. The number of carbonyl (C=O) groups excluding carboxylic acids is 2. The van der Waals surface area contributed by atoms with Gasteiger partial charge in [0.15, 0.2) is 0 Å². The van der Waals surface area contributed by atoms with E-state index in [1.165, 1.54) is 0 Å². The summed E-state index contributed by atoms with van der Waals surface area (Å²) in [5.74, 6) is -2.12. The SMILES string of the molecule is NC(=O)Nc1ccc(CNC(=O)C2CC2C(=O)O)cc1. The number of nitrogens with one attached hydrogen (secondary N) is 2. The van der Waals surface area contributed by atoms with Gasteiger partial charge < -0.3 is 21.5 Å². The molecule has 7 nitrogen and oxygen atoms in total. The lowest BCUT2D eigenvalue weighted by Crippen LogP contribution is -2.26. The predicted octanol–water partition coefficient (Wildman–Crippen LogP) is 0.514. The van der Waals surface area contributed by atoms with E-state index in [9.17, 15) is 14.4 Å². The van der Waals surface area contributed by atoms with E-state index in [0.717, 1.165) is 5.56 Å². The summed E-state index contributed by atoms with van der Waals surface area (Å²) >= 11 is 0. The van der Waals surface area contributed by atoms with Gasteiger partial charge >= 0.3 is 12.0 Å². The van der Waals surface area contributed by atoms with Crippen LogP contribution in [0.4, 0.5) is 10.5 Å². The molecule has 5 N–H and O–H groups in total. The summed E-state index contributed by atoms with van der Waals surface area (Å²) in [6.07, 6.45) is 0.405. The summed E-state index contributed by atoms with van der Waals surface area (Å²) in [4.78, 5) is 33.0. The van der Waals surface area contributed by atoms with Crippen LogP contribution in [0.1, 0.15) is 12.0 Å². The standard InChI is InChI=1S/C13H15N3O4/c14-13(20)16-8-3-1-7(2-4-8)6-15-11(17)9-5-10(9)12(18)19/h1-4,9-10H,5-6H2,(H,15,17)(H,18,19)(H3,14,16,20). The van der Waals surface area contributed by atoms with E-state index in [1.807, 2.05) is 0 Å². The predicted molar refractivity (Wildman–Crippen MR) is 70.7 cm³/mol. The second-order valence-corrected chi connectivity index (χ2v) is 4.69. The van der Waals surface area contributed by atoms with Gasteiger partial charge in [-0.2, -0.15) is 0 Å². The van der Waals surface area contributed by atoms with E-state index >= 15 is 0 Å². The topological polar surface area (TPSA) is 122 Å². The third kappa shape index (κ3) is 3.47. The van der Waals surface area contributed by atoms with Crippen LogP contribution >= 0.6 is 0 Å². The van der Waals surface area contributed by atoms with Gasteiger partial charge in [-0.1, -0.05) is 12.1 Å². The van der Waals surface area contributed by atoms with Crippen molar-refractivity contribution in [3.05, 3.63) is 29.8 Å². The number of rotatable bonds is 5. The molecule has 20 heavy (non-hydrogen) atoms. The van der Waals surface area contributed by atoms with E-state index in [-0.39, 0.29) is 5.91 Å². The van der Waals surface area contributed by atoms with Gasteiger partial charge in [-0.25, -0.2) is 4.79 Å². The fraction of sp³-hybridized carbons (Fsp3) is 0.308. The number of amides is 3. The smallest absolute Gasteiger partial charge is 0.316 e. The zero-order valence-corrected chi connectivity index (χ0v) is 10.6. The molecule has 2 unspecified atom stereocenters. The molecular formula is C13H15N3O4. The first-order valence-electron chi connectivity index (χ1n) is 6.13. The number of carbonyl (C=O) groups is 3. The normalized spacial score (nSPS) is 20.0. The summed E-state index contributed by atoms with van der Waals surface area (Å²) < 4.78 is 0. The Bertz CT molecular complexity index is 541. The fourth-order valence-electron chi connectivity index (χ4n) is 1.93. The Labute approximate surface area is 115 Å². The maximum atomic E-state index is 11.7. The van der Waals surface area contributed by atoms with Gasteiger partial charge in [-0.15, -0.1) is 0 Å². The lowest BCUT2D eigenvalue weighted by Gasteiger charge is -2.06. The van der Waals surface area contributed by atoms with E-state index in [2.05, 4.69) is 10.6 Å². The second kappa shape index (κ2) is 5.60. The van der Waals surface area contributed by atoms with Gasteiger partial charge in [0.2, 0.25) is 5.91 Å². The van der Waals surface area contributed by atoms with Gasteiger partial charge in [-0.3, -0.25) is 9.59 Å². The third-order valence-electron chi connectivity index (χ3n) is 3.13. The van der Waals surface area contributed by atoms with Crippen LogP contribution in [0.5, 0.6) is 0 Å². The molecule has 1 aliphatic carbocycles. The van der Waals surface area contributed by atoms with Crippen molar-refractivity contribution in [2.24, 2.45) is 17.6 Å². The van der Waals surface area contributed by atoms with E-state index in [0.29, 0.717) is 18.7 Å². The zero-order chi connectivity index (χ0) is 14.7. The Morgan fingerprint density at radius 3 is 2.35 bits per heavy atom. The molecule has 0 bridgehead atoms. The van der Waals surface area contributed by atoms with Gasteiger partial charge in [0.05, 0.1) is 11.8 Å². The second-order valence-electron chi connectivity index (χ2n) is 4.69. The summed E-state index contributed by atoms with van der Waals surface area (Å²) in [6.45, 7) is 0.318. The molecule has 1 aliphatic rings. The Kier molecular flexibility index (Phi) is 3.88. The maximum absolute atomic E-state index is 11.7. The van der Waals surface area contributed by atoms with Crippen molar-refractivity contribution in [3.8, 4) is 0 Å². The van der Waals surface area contributed by atoms with Crippen molar-refractivity contribution in [3.63, 3.8) is 0 Å². The first kappa shape index (κ1) is 13.9. The Morgan fingerprint density at radius 2 is 1.85 bits per heavy atom. The molecular weight excluding hydrogens is 262 g/mol. The fourth-order valence-corrected chi connectivity index (χ4v) is 1.93. The van der Waals surface area contributed by atoms with Crippen molar-refractivity contribution < 1.29 is 19.5 Å². The van der Waals surface area contributed by atoms with Crippen LogP contribution in [0.25, 0.3) is 0 Å². The number of hydrogen-bond donors (Lipinski definition) is 4. The molecule has 0 spiro atoms. The third-order valence-corrected chi connectivity index (χ3v) is 3.13. The van der Waals surface area contributed by atoms with E-state index < -0.39 is 23.8 Å². The minimum Gasteiger partial charge on any atom is -0.481 e. The lowest BCUT2D eigenvalue weighted by molar-refractivity contribution is -0.140. The van der Waals surface area contributed by atoms with Gasteiger partial charge in [0.25, 0.3) is 0 Å². The van der Waals surface area contributed by atoms with Crippen LogP contribution in [0.2, 0.25) is 0 Å². The van der Waals surface area contributed by atoms with Crippen molar-refractivity contribution in [1.82, 2.24) is 5.32 Å². The molecule has 1 saturated carbocycles. The molecule has 0 heterocycles. The van der Waals surface area contributed by atoms with E-state index in [1.54, 1.807) is 24.3 Å². The number of carboxylic acids is 1. The van der Waals surface area contributed by atoms with Gasteiger partial charge in [0, 0.05) is 12.2 Å². The number of primary amides is 1. The number of hydrogen-bond acceptors (Lipinski definition) is 3. The Morgan fingerprint density at radius 1 is 1.20 bits per heavy atom. The zero-order valence-electron chi connectivity index (χ0n) is 10.6. The number of anilines is 1. The molecule has 1 fully saturated rings. The monoisotopic (exact) mass is 277 g/mol. The Balaban J connectivity index is 1.81. The molecule has 106 valence electrons. The summed E-state index contributed by atoms with van der Waals surface area (Å²) in [5, 5.41) is 13.9. The van der Waals surface area contributed by atoms with Crippen LogP contribution in [-0.4, -0.2) is 23.0 Å². The number of carboxylic acid groups (broad SMARTS) is 1. The molecule has 2 atom stereocenters. The van der Waals surface area contributed by atoms with Crippen molar-refractivity contribution >= 4 is 23.6 Å². The summed E-state index contributed by atoms with van der Waals surface area (Å²) in [7, 11) is 0. The van der Waals surface area contributed by atoms with Crippen LogP contribution in [0.15, 0.2) is 24.3 Å². The van der Waals surface area contributed by atoms with Crippen molar-refractivity contribution in [2.75, 3.05) is 5.32 Å². The molecule has 3 amide bonds. The molecule has 1 aromatic rings. The van der Waals surface area contributed by atoms with Crippen molar-refractivity contribution in [1.29, 1.82) is 0 Å². The van der Waals surface area contributed by atoms with Crippen LogP contribution in [0, 0.1) is 11.8 Å².